The molecule has 0 aliphatic carbocycles. The molecule has 0 bridgehead atoms. The second kappa shape index (κ2) is 9.42. The second-order valence-corrected chi connectivity index (χ2v) is 5.34. The Morgan fingerprint density at radius 2 is 1.83 bits per heavy atom. The van der Waals surface area contributed by atoms with Crippen molar-refractivity contribution < 1.29 is 9.59 Å². The predicted molar refractivity (Wildman–Crippen MR) is 92.1 cm³/mol. The molecule has 0 unspecified atom stereocenters. The van der Waals surface area contributed by atoms with Gasteiger partial charge < -0.3 is 16.0 Å². The molecule has 6 heteroatoms. The van der Waals surface area contributed by atoms with Crippen LogP contribution in [0.15, 0.2) is 54.7 Å². The van der Waals surface area contributed by atoms with Gasteiger partial charge in [0, 0.05) is 19.3 Å². The van der Waals surface area contributed by atoms with Crippen LogP contribution >= 0.6 is 0 Å². The van der Waals surface area contributed by atoms with Crippen molar-refractivity contribution in [3.8, 4) is 0 Å². The van der Waals surface area contributed by atoms with Gasteiger partial charge in [-0.05, 0) is 30.7 Å². The molecule has 0 aliphatic heterocycles. The summed E-state index contributed by atoms with van der Waals surface area (Å²) in [5.74, 6) is -0.501. The topological polar surface area (TPSA) is 88.3 Å². The zero-order valence-corrected chi connectivity index (χ0v) is 13.5. The van der Waals surface area contributed by atoms with Crippen LogP contribution in [0.5, 0.6) is 0 Å². The van der Waals surface area contributed by atoms with Crippen LogP contribution in [-0.2, 0) is 11.3 Å². The summed E-state index contributed by atoms with van der Waals surface area (Å²) in [5.41, 5.74) is 6.89. The van der Waals surface area contributed by atoms with E-state index in [2.05, 4.69) is 10.3 Å². The van der Waals surface area contributed by atoms with Gasteiger partial charge in [0.2, 0.25) is 5.91 Å². The van der Waals surface area contributed by atoms with Crippen molar-refractivity contribution in [3.05, 3.63) is 66.0 Å². The number of carbonyl (C=O) groups excluding carboxylic acids is 2. The minimum absolute atomic E-state index is 0.0627. The average molecular weight is 326 g/mol. The third-order valence-corrected chi connectivity index (χ3v) is 3.50. The Kier molecular flexibility index (Phi) is 6.91. The number of hydrogen-bond donors (Lipinski definition) is 2. The molecule has 126 valence electrons. The molecule has 0 spiro atoms. The van der Waals surface area contributed by atoms with E-state index in [0.29, 0.717) is 31.7 Å². The summed E-state index contributed by atoms with van der Waals surface area (Å²) in [6.07, 6.45) is 2.26. The molecule has 0 fully saturated rings. The number of carbonyl (C=O) groups is 2. The predicted octanol–water partition coefficient (Wildman–Crippen LogP) is 1.19. The Bertz CT molecular complexity index is 647. The molecule has 2 aromatic rings. The molecule has 0 saturated carbocycles. The van der Waals surface area contributed by atoms with Crippen molar-refractivity contribution >= 4 is 11.8 Å². The first-order valence-electron chi connectivity index (χ1n) is 7.91. The van der Waals surface area contributed by atoms with Gasteiger partial charge in [-0.1, -0.05) is 36.4 Å². The molecule has 0 atom stereocenters. The minimum atomic E-state index is -0.359. The Balaban J connectivity index is 1.93. The third kappa shape index (κ3) is 5.48. The molecule has 0 saturated heterocycles. The fraction of sp³-hybridized carbons (Fsp3) is 0.278. The van der Waals surface area contributed by atoms with Crippen molar-refractivity contribution in [2.24, 2.45) is 5.73 Å². The number of aromatic nitrogens is 1. The van der Waals surface area contributed by atoms with Gasteiger partial charge in [-0.2, -0.15) is 0 Å². The van der Waals surface area contributed by atoms with Crippen LogP contribution in [0.4, 0.5) is 0 Å². The summed E-state index contributed by atoms with van der Waals surface area (Å²) in [6.45, 7) is 1.51. The molecule has 2 rings (SSSR count). The maximum Gasteiger partial charge on any atom is 0.270 e. The van der Waals surface area contributed by atoms with E-state index in [1.54, 1.807) is 29.3 Å². The number of benzene rings is 1. The van der Waals surface area contributed by atoms with Crippen LogP contribution in [0.2, 0.25) is 0 Å². The van der Waals surface area contributed by atoms with Crippen LogP contribution in [-0.4, -0.2) is 41.3 Å². The molecular formula is C18H22N4O2. The lowest BCUT2D eigenvalue weighted by molar-refractivity contribution is -0.130. The number of hydrogen-bond acceptors (Lipinski definition) is 4. The highest BCUT2D eigenvalue weighted by atomic mass is 16.2. The van der Waals surface area contributed by atoms with E-state index in [1.165, 1.54) is 0 Å². The monoisotopic (exact) mass is 326 g/mol. The first kappa shape index (κ1) is 17.6. The molecule has 6 nitrogen and oxygen atoms in total. The Hall–Kier alpha value is -2.73. The van der Waals surface area contributed by atoms with Gasteiger partial charge in [0.25, 0.3) is 5.91 Å². The largest absolute Gasteiger partial charge is 0.342 e. The van der Waals surface area contributed by atoms with E-state index in [-0.39, 0.29) is 18.4 Å². The Morgan fingerprint density at radius 1 is 1.08 bits per heavy atom. The van der Waals surface area contributed by atoms with E-state index in [0.717, 1.165) is 5.56 Å². The molecule has 1 aromatic heterocycles. The Morgan fingerprint density at radius 3 is 2.50 bits per heavy atom. The van der Waals surface area contributed by atoms with Gasteiger partial charge >= 0.3 is 0 Å². The van der Waals surface area contributed by atoms with Crippen molar-refractivity contribution in [2.75, 3.05) is 19.6 Å². The molecule has 2 amide bonds. The second-order valence-electron chi connectivity index (χ2n) is 5.34. The maximum absolute atomic E-state index is 12.4. The lowest BCUT2D eigenvalue weighted by Crippen LogP contribution is -2.40. The highest BCUT2D eigenvalue weighted by Crippen LogP contribution is 2.05. The van der Waals surface area contributed by atoms with Crippen molar-refractivity contribution in [2.45, 2.75) is 13.0 Å². The number of rotatable bonds is 8. The summed E-state index contributed by atoms with van der Waals surface area (Å²) < 4.78 is 0. The van der Waals surface area contributed by atoms with Crippen molar-refractivity contribution in [3.63, 3.8) is 0 Å². The molecule has 1 aromatic carbocycles. The number of pyridine rings is 1. The highest BCUT2D eigenvalue weighted by molar-refractivity contribution is 5.94. The van der Waals surface area contributed by atoms with Crippen LogP contribution < -0.4 is 11.1 Å². The molecular weight excluding hydrogens is 304 g/mol. The smallest absolute Gasteiger partial charge is 0.270 e. The Labute approximate surface area is 141 Å². The van der Waals surface area contributed by atoms with Gasteiger partial charge in [-0.25, -0.2) is 0 Å². The highest BCUT2D eigenvalue weighted by Gasteiger charge is 2.15. The molecule has 3 N–H and O–H groups in total. The lowest BCUT2D eigenvalue weighted by atomic mass is 10.2. The lowest BCUT2D eigenvalue weighted by Gasteiger charge is -2.23. The van der Waals surface area contributed by atoms with Gasteiger partial charge in [-0.15, -0.1) is 0 Å². The summed E-state index contributed by atoms with van der Waals surface area (Å²) in [4.78, 5) is 30.1. The third-order valence-electron chi connectivity index (χ3n) is 3.50. The SMILES string of the molecule is NCCCN(Cc1ccccc1)C(=O)CNC(=O)c1ccccn1. The van der Waals surface area contributed by atoms with E-state index in [4.69, 9.17) is 5.73 Å². The zero-order chi connectivity index (χ0) is 17.2. The molecule has 0 aliphatic rings. The fourth-order valence-corrected chi connectivity index (χ4v) is 2.23. The van der Waals surface area contributed by atoms with E-state index >= 15 is 0 Å². The van der Waals surface area contributed by atoms with Crippen LogP contribution in [0.3, 0.4) is 0 Å². The quantitative estimate of drug-likeness (QED) is 0.763. The van der Waals surface area contributed by atoms with Gasteiger partial charge in [-0.3, -0.25) is 14.6 Å². The summed E-state index contributed by atoms with van der Waals surface area (Å²) in [7, 11) is 0. The van der Waals surface area contributed by atoms with Crippen molar-refractivity contribution in [1.82, 2.24) is 15.2 Å². The van der Waals surface area contributed by atoms with Crippen LogP contribution in [0.25, 0.3) is 0 Å². The first-order valence-corrected chi connectivity index (χ1v) is 7.91. The summed E-state index contributed by atoms with van der Waals surface area (Å²) in [5, 5.41) is 2.62. The maximum atomic E-state index is 12.4. The standard InChI is InChI=1S/C18H22N4O2/c19-10-6-12-22(14-15-7-2-1-3-8-15)17(23)13-21-18(24)16-9-4-5-11-20-16/h1-5,7-9,11H,6,10,12-14,19H2,(H,21,24). The summed E-state index contributed by atoms with van der Waals surface area (Å²) in [6, 6.07) is 14.8. The van der Waals surface area contributed by atoms with E-state index in [9.17, 15) is 9.59 Å². The average Bonchev–Trinajstić information content (AvgIpc) is 2.64. The fourth-order valence-electron chi connectivity index (χ4n) is 2.23. The van der Waals surface area contributed by atoms with Crippen molar-refractivity contribution in [1.29, 1.82) is 0 Å². The minimum Gasteiger partial charge on any atom is -0.342 e. The number of nitrogens with one attached hydrogen (secondary N) is 1. The van der Waals surface area contributed by atoms with Gasteiger partial charge in [0.1, 0.15) is 5.69 Å². The normalized spacial score (nSPS) is 10.2. The number of amides is 2. The molecule has 0 radical (unpaired) electrons. The molecule has 24 heavy (non-hydrogen) atoms. The van der Waals surface area contributed by atoms with E-state index < -0.39 is 0 Å². The number of nitrogens with zero attached hydrogens (tertiary/aromatic N) is 2. The molecule has 1 heterocycles. The van der Waals surface area contributed by atoms with Gasteiger partial charge in [0.15, 0.2) is 0 Å². The van der Waals surface area contributed by atoms with Crippen LogP contribution in [0, 0.1) is 0 Å². The van der Waals surface area contributed by atoms with Crippen LogP contribution in [0.1, 0.15) is 22.5 Å². The van der Waals surface area contributed by atoms with E-state index in [1.807, 2.05) is 30.3 Å². The first-order chi connectivity index (χ1) is 11.7. The summed E-state index contributed by atoms with van der Waals surface area (Å²) >= 11 is 0. The number of nitrogens with two attached hydrogens (primary N) is 1. The zero-order valence-electron chi connectivity index (χ0n) is 13.5. The van der Waals surface area contributed by atoms with Gasteiger partial charge in [0.05, 0.1) is 6.54 Å².